The highest BCUT2D eigenvalue weighted by Gasteiger charge is 2.60. The molecule has 1 saturated carbocycles. The lowest BCUT2D eigenvalue weighted by molar-refractivity contribution is -0.360. The van der Waals surface area contributed by atoms with E-state index in [2.05, 4.69) is 65.8 Å². The zero-order valence-corrected chi connectivity index (χ0v) is 75.6. The minimum Gasteiger partial charge on any atom is -0.463 e. The summed E-state index contributed by atoms with van der Waals surface area (Å²) in [6.07, 6.45) is 27.5. The molecular formula is C93H171O25P. The number of phosphoric acid groups is 1. The van der Waals surface area contributed by atoms with Crippen molar-refractivity contribution in [1.82, 2.24) is 0 Å². The average molecular weight is 1720 g/mol. The normalized spacial score (nSPS) is 25.4. The number of aliphatic hydroxyl groups excluding tert-OH is 9. The number of hydrogen-bond donors (Lipinski definition) is 10. The van der Waals surface area contributed by atoms with E-state index in [1.165, 1.54) is 154 Å². The van der Waals surface area contributed by atoms with Gasteiger partial charge in [-0.15, -0.1) is 0 Å². The molecule has 25 nitrogen and oxygen atoms in total. The van der Waals surface area contributed by atoms with E-state index in [1.807, 2.05) is 0 Å². The Morgan fingerprint density at radius 1 is 0.353 bits per heavy atom. The summed E-state index contributed by atoms with van der Waals surface area (Å²) in [6.45, 7) is 10.2. The second-order valence-corrected chi connectivity index (χ2v) is 36.2. The summed E-state index contributed by atoms with van der Waals surface area (Å²) in [4.78, 5) is 66.6. The van der Waals surface area contributed by atoms with Gasteiger partial charge < -0.3 is 88.7 Å². The summed E-state index contributed by atoms with van der Waals surface area (Å²) >= 11 is 0. The van der Waals surface area contributed by atoms with Crippen LogP contribution in [0, 0.1) is 11.8 Å². The highest BCUT2D eigenvalue weighted by molar-refractivity contribution is 7.47. The molecular weight excluding hydrogens is 1550 g/mol. The van der Waals surface area contributed by atoms with Crippen LogP contribution < -0.4 is 0 Å². The van der Waals surface area contributed by atoms with Crippen LogP contribution in [0.25, 0.3) is 0 Å². The van der Waals surface area contributed by atoms with Crippen molar-refractivity contribution in [3.63, 3.8) is 0 Å². The highest BCUT2D eigenvalue weighted by Crippen LogP contribution is 2.49. The monoisotopic (exact) mass is 1720 g/mol. The van der Waals surface area contributed by atoms with Crippen molar-refractivity contribution in [2.75, 3.05) is 26.4 Å². The Hall–Kier alpha value is -3.05. The first kappa shape index (κ1) is 110. The van der Waals surface area contributed by atoms with E-state index in [-0.39, 0.29) is 25.7 Å². The van der Waals surface area contributed by atoms with Crippen LogP contribution in [0.2, 0.25) is 0 Å². The van der Waals surface area contributed by atoms with Crippen molar-refractivity contribution in [3.8, 4) is 0 Å². The summed E-state index contributed by atoms with van der Waals surface area (Å²) < 4.78 is 73.5. The first-order chi connectivity index (χ1) is 57.5. The van der Waals surface area contributed by atoms with Crippen LogP contribution in [0.1, 0.15) is 401 Å². The van der Waals surface area contributed by atoms with Gasteiger partial charge in [-0.1, -0.05) is 323 Å². The van der Waals surface area contributed by atoms with Gasteiger partial charge in [-0.2, -0.15) is 0 Å². The van der Waals surface area contributed by atoms with Crippen LogP contribution in [0.4, 0.5) is 0 Å². The van der Waals surface area contributed by atoms with Gasteiger partial charge in [-0.3, -0.25) is 28.2 Å². The summed E-state index contributed by atoms with van der Waals surface area (Å²) in [5.74, 6) is -1.67. The maximum absolute atomic E-state index is 14.9. The Morgan fingerprint density at radius 3 is 1.10 bits per heavy atom. The zero-order valence-electron chi connectivity index (χ0n) is 74.7. The third kappa shape index (κ3) is 50.8. The quantitative estimate of drug-likeness (QED) is 0.00889. The summed E-state index contributed by atoms with van der Waals surface area (Å²) in [6, 6.07) is 0. The molecule has 3 fully saturated rings. The molecule has 0 radical (unpaired) electrons. The molecule has 0 amide bonds. The second kappa shape index (κ2) is 70.1. The van der Waals surface area contributed by atoms with Gasteiger partial charge in [0.05, 0.1) is 13.2 Å². The molecule has 3 aliphatic rings. The number of aliphatic hydroxyl groups is 9. The smallest absolute Gasteiger partial charge is 0.463 e. The molecule has 2 heterocycles. The van der Waals surface area contributed by atoms with Crippen molar-refractivity contribution < 1.29 is 122 Å². The third-order valence-electron chi connectivity index (χ3n) is 23.7. The van der Waals surface area contributed by atoms with Crippen LogP contribution in [0.5, 0.6) is 0 Å². The first-order valence-electron chi connectivity index (χ1n) is 47.9. The minimum absolute atomic E-state index is 0.00660. The van der Waals surface area contributed by atoms with Crippen molar-refractivity contribution in [2.45, 2.75) is 505 Å². The lowest BCUT2D eigenvalue weighted by atomic mass is 9.84. The fourth-order valence-electron chi connectivity index (χ4n) is 15.9. The summed E-state index contributed by atoms with van der Waals surface area (Å²) in [5.41, 5.74) is 0. The SMILES string of the molecule is CCCCCC/C=C\CCCCCCCCCC(=O)OC(COC(=O)CCCCCCCCC(C)CCCCCCCC)COP(=O)(O)OC1C(OC2OC(CO)C(O)C(O)C2O)C(O)C(O)C(OC(=O)CCCCCCCCC(C)CCCCCCCC)C1OC1OC(COC(=O)CCCCC/C=C\CCCCCCCC)C(O)C(O)C1O. The molecule has 20 atom stereocenters. The van der Waals surface area contributed by atoms with E-state index in [0.717, 1.165) is 135 Å². The number of ether oxygens (including phenoxy) is 8. The van der Waals surface area contributed by atoms with Crippen LogP contribution in [-0.2, 0) is 70.7 Å². The molecule has 2 aliphatic heterocycles. The van der Waals surface area contributed by atoms with Gasteiger partial charge in [-0.05, 0) is 88.9 Å². The molecule has 0 aromatic carbocycles. The second-order valence-electron chi connectivity index (χ2n) is 34.8. The van der Waals surface area contributed by atoms with Crippen molar-refractivity contribution in [1.29, 1.82) is 0 Å². The largest absolute Gasteiger partial charge is 0.472 e. The Bertz CT molecular complexity index is 2600. The summed E-state index contributed by atoms with van der Waals surface area (Å²) in [5, 5.41) is 102. The Kier molecular flexibility index (Phi) is 64.8. The molecule has 0 aromatic heterocycles. The lowest BCUT2D eigenvalue weighted by Crippen LogP contribution is -2.70. The van der Waals surface area contributed by atoms with E-state index >= 15 is 0 Å². The van der Waals surface area contributed by atoms with Gasteiger partial charge in [0.15, 0.2) is 24.8 Å². The van der Waals surface area contributed by atoms with E-state index in [0.29, 0.717) is 56.8 Å². The Morgan fingerprint density at radius 2 is 0.681 bits per heavy atom. The topological polar surface area (TPSA) is 380 Å². The maximum atomic E-state index is 14.9. The van der Waals surface area contributed by atoms with Gasteiger partial charge in [-0.25, -0.2) is 4.57 Å². The summed E-state index contributed by atoms with van der Waals surface area (Å²) in [7, 11) is -5.81. The molecule has 26 heteroatoms. The number of phosphoric ester groups is 1. The van der Waals surface area contributed by atoms with Crippen molar-refractivity contribution in [3.05, 3.63) is 24.3 Å². The molecule has 0 bridgehead atoms. The minimum atomic E-state index is -5.81. The van der Waals surface area contributed by atoms with Gasteiger partial charge in [0.2, 0.25) is 0 Å². The lowest BCUT2D eigenvalue weighted by Gasteiger charge is -2.50. The third-order valence-corrected chi connectivity index (χ3v) is 24.7. The molecule has 10 N–H and O–H groups in total. The van der Waals surface area contributed by atoms with Crippen LogP contribution in [-0.4, -0.2) is 205 Å². The predicted molar refractivity (Wildman–Crippen MR) is 462 cm³/mol. The zero-order chi connectivity index (χ0) is 87.1. The van der Waals surface area contributed by atoms with Gasteiger partial charge in [0.1, 0.15) is 92.6 Å². The number of carbonyl (C=O) groups is 4. The number of allylic oxidation sites excluding steroid dienone is 4. The Balaban J connectivity index is 1.94. The molecule has 20 unspecified atom stereocenters. The van der Waals surface area contributed by atoms with E-state index in [1.54, 1.807) is 0 Å². The molecule has 0 spiro atoms. The predicted octanol–water partition coefficient (Wildman–Crippen LogP) is 17.8. The standard InChI is InChI=1S/C93H171O25P/c1-7-11-15-19-23-25-27-29-30-32-34-36-38-49-57-65-78(97)112-73(68-109-76(95)63-55-48-41-39-45-53-61-71(5)59-51-43-21-17-13-9-3)69-111-119(107,108)118-91-89(116-92-86(105)82(101)80(99)74(67-94)113-92)85(104)84(103)88(115-79(98)66-58-50-42-40-46-54-62-72(6)60-52-44-22-18-14-10-4)90(91)117-93-87(106)83(102)81(100)75(114-93)70-110-77(96)64-56-47-37-35-33-31-28-26-24-20-16-12-8-2/h25,27,31,33,71-75,80-94,99-106H,7-24,26,28-30,32,34-70H2,1-6H3,(H,107,108)/b27-25-,33-31-. The number of unbranched alkanes of at least 4 members (excludes halogenated alkanes) is 40. The fraction of sp³-hybridized carbons (Fsp3) is 0.914. The molecule has 1 aliphatic carbocycles. The average Bonchev–Trinajstić information content (AvgIpc) is 0.775. The maximum Gasteiger partial charge on any atom is 0.472 e. The van der Waals surface area contributed by atoms with E-state index in [4.69, 9.17) is 46.9 Å². The van der Waals surface area contributed by atoms with Gasteiger partial charge >= 0.3 is 31.7 Å². The first-order valence-corrected chi connectivity index (χ1v) is 49.3. The molecule has 3 rings (SSSR count). The van der Waals surface area contributed by atoms with E-state index in [9.17, 15) is 74.6 Å². The van der Waals surface area contributed by atoms with Crippen LogP contribution >= 0.6 is 7.82 Å². The van der Waals surface area contributed by atoms with Crippen molar-refractivity contribution >= 4 is 31.7 Å². The van der Waals surface area contributed by atoms with Crippen molar-refractivity contribution in [2.24, 2.45) is 11.8 Å². The fourth-order valence-corrected chi connectivity index (χ4v) is 16.9. The van der Waals surface area contributed by atoms with Crippen LogP contribution in [0.15, 0.2) is 24.3 Å². The molecule has 119 heavy (non-hydrogen) atoms. The molecule has 2 saturated heterocycles. The van der Waals surface area contributed by atoms with Crippen LogP contribution in [0.3, 0.4) is 0 Å². The molecule has 698 valence electrons. The number of hydrogen-bond acceptors (Lipinski definition) is 24. The molecule has 0 aromatic rings. The van der Waals surface area contributed by atoms with Gasteiger partial charge in [0, 0.05) is 25.7 Å². The number of rotatable bonds is 76. The van der Waals surface area contributed by atoms with E-state index < -0.39 is 162 Å². The van der Waals surface area contributed by atoms with Gasteiger partial charge in [0.25, 0.3) is 0 Å². The highest BCUT2D eigenvalue weighted by atomic mass is 31.2. The number of carbonyl (C=O) groups excluding carboxylic acids is 4. The number of esters is 4. The Labute approximate surface area is 717 Å².